The minimum absolute atomic E-state index is 0.241. The third kappa shape index (κ3) is 7.38. The fraction of sp³-hybridized carbons (Fsp3) is 0.433. The van der Waals surface area contributed by atoms with Crippen molar-refractivity contribution in [1.29, 1.82) is 0 Å². The Kier molecular flexibility index (Phi) is 8.73. The lowest BCUT2D eigenvalue weighted by Gasteiger charge is -2.27. The summed E-state index contributed by atoms with van der Waals surface area (Å²) in [5.41, 5.74) is 4.21. The van der Waals surface area contributed by atoms with Crippen LogP contribution in [0.3, 0.4) is 0 Å². The van der Waals surface area contributed by atoms with Gasteiger partial charge in [-0.3, -0.25) is 9.62 Å². The predicted molar refractivity (Wildman–Crippen MR) is 164 cm³/mol. The van der Waals surface area contributed by atoms with Crippen LogP contribution in [0.1, 0.15) is 62.0 Å². The molecule has 1 aliphatic rings. The average Bonchev–Trinajstić information content (AvgIpc) is 3.44. The van der Waals surface area contributed by atoms with Crippen molar-refractivity contribution in [3.8, 4) is 0 Å². The Hall–Kier alpha value is -3.15. The second-order valence-electron chi connectivity index (χ2n) is 11.8. The molecule has 0 saturated carbocycles. The van der Waals surface area contributed by atoms with Crippen LogP contribution in [0.25, 0.3) is 10.9 Å². The summed E-state index contributed by atoms with van der Waals surface area (Å²) < 4.78 is 53.8. The van der Waals surface area contributed by atoms with Gasteiger partial charge in [0.25, 0.3) is 0 Å². The number of hydrogen-bond donors (Lipinski definition) is 2. The molecule has 1 aromatic heterocycles. The molecule has 2 heterocycles. The van der Waals surface area contributed by atoms with E-state index in [9.17, 15) is 21.6 Å². The van der Waals surface area contributed by atoms with Gasteiger partial charge in [0.2, 0.25) is 20.0 Å². The van der Waals surface area contributed by atoms with Crippen LogP contribution < -0.4 is 4.72 Å². The van der Waals surface area contributed by atoms with Gasteiger partial charge in [0.15, 0.2) is 0 Å². The van der Waals surface area contributed by atoms with E-state index in [1.807, 2.05) is 39.0 Å². The molecule has 1 unspecified atom stereocenters. The van der Waals surface area contributed by atoms with E-state index in [0.29, 0.717) is 29.7 Å². The summed E-state index contributed by atoms with van der Waals surface area (Å²) in [6.45, 7) is 7.66. The molecule has 0 bridgehead atoms. The van der Waals surface area contributed by atoms with E-state index in [-0.39, 0.29) is 6.04 Å². The molecule has 2 N–H and O–H groups in total. The van der Waals surface area contributed by atoms with Gasteiger partial charge in [0.05, 0.1) is 23.7 Å². The van der Waals surface area contributed by atoms with E-state index in [2.05, 4.69) is 21.8 Å². The standard InChI is InChI=1S/C30H39N3O6S2/c1-30(2,3)29-25(24-16-15-23(31-40(4,36)37)20-27(24)33(29)41(5,38)39)17-19-32-18-7-9-26(32)22-13-11-21(12-14-22)8-6-10-28(34)35/h6,10-16,20,26,31H,7-9,17-19H2,1-5H3,(H,34,35)/b10-6+. The number of anilines is 1. The van der Waals surface area contributed by atoms with Crippen molar-refractivity contribution in [2.45, 2.75) is 57.9 Å². The van der Waals surface area contributed by atoms with Crippen LogP contribution in [0, 0.1) is 0 Å². The average molecular weight is 602 g/mol. The lowest BCUT2D eigenvalue weighted by Crippen LogP contribution is -2.28. The number of carboxylic acid groups (broad SMARTS) is 1. The highest BCUT2D eigenvalue weighted by molar-refractivity contribution is 7.92. The Balaban J connectivity index is 1.67. The Morgan fingerprint density at radius 3 is 2.34 bits per heavy atom. The van der Waals surface area contributed by atoms with E-state index >= 15 is 0 Å². The van der Waals surface area contributed by atoms with Gasteiger partial charge in [0.1, 0.15) is 0 Å². The fourth-order valence-electron chi connectivity index (χ4n) is 5.86. The zero-order valence-electron chi connectivity index (χ0n) is 24.2. The number of carbonyl (C=O) groups is 1. The van der Waals surface area contributed by atoms with E-state index in [1.54, 1.807) is 18.2 Å². The number of allylic oxidation sites excluding steroid dienone is 1. The van der Waals surface area contributed by atoms with E-state index in [4.69, 9.17) is 5.11 Å². The van der Waals surface area contributed by atoms with Crippen molar-refractivity contribution in [2.24, 2.45) is 0 Å². The first-order valence-electron chi connectivity index (χ1n) is 13.6. The maximum Gasteiger partial charge on any atom is 0.327 e. The van der Waals surface area contributed by atoms with Gasteiger partial charge in [0, 0.05) is 35.2 Å². The topological polar surface area (TPSA) is 126 Å². The van der Waals surface area contributed by atoms with Crippen molar-refractivity contribution >= 4 is 42.6 Å². The van der Waals surface area contributed by atoms with Crippen LogP contribution in [0.15, 0.2) is 54.6 Å². The van der Waals surface area contributed by atoms with Crippen molar-refractivity contribution < 1.29 is 26.7 Å². The Morgan fingerprint density at radius 1 is 1.07 bits per heavy atom. The number of hydrogen-bond acceptors (Lipinski definition) is 6. The predicted octanol–water partition coefficient (Wildman–Crippen LogP) is 4.68. The van der Waals surface area contributed by atoms with E-state index in [0.717, 1.165) is 54.8 Å². The lowest BCUT2D eigenvalue weighted by molar-refractivity contribution is -0.131. The second-order valence-corrected chi connectivity index (χ2v) is 15.4. The quantitative estimate of drug-likeness (QED) is 0.323. The molecule has 1 aliphatic heterocycles. The smallest absolute Gasteiger partial charge is 0.327 e. The molecule has 3 aromatic rings. The van der Waals surface area contributed by atoms with Gasteiger partial charge in [-0.15, -0.1) is 0 Å². The molecule has 9 nitrogen and oxygen atoms in total. The van der Waals surface area contributed by atoms with Gasteiger partial charge < -0.3 is 5.11 Å². The first kappa shape index (κ1) is 30.8. The molecule has 1 atom stereocenters. The number of aliphatic carboxylic acids is 1. The molecule has 0 aliphatic carbocycles. The first-order valence-corrected chi connectivity index (χ1v) is 17.4. The largest absolute Gasteiger partial charge is 0.478 e. The van der Waals surface area contributed by atoms with Gasteiger partial charge in [-0.25, -0.2) is 25.6 Å². The Bertz CT molecular complexity index is 1680. The third-order valence-corrected chi connectivity index (χ3v) is 9.02. The van der Waals surface area contributed by atoms with Crippen molar-refractivity contribution in [3.63, 3.8) is 0 Å². The van der Waals surface area contributed by atoms with Crippen molar-refractivity contribution in [2.75, 3.05) is 30.3 Å². The SMILES string of the molecule is CC(C)(C)c1c(CCN2CCCC2c2ccc(C/C=C/C(=O)O)cc2)c2ccc(NS(C)(=O)=O)cc2n1S(C)(=O)=O. The second kappa shape index (κ2) is 11.6. The number of likely N-dealkylation sites (tertiary alicyclic amines) is 1. The van der Waals surface area contributed by atoms with Crippen LogP contribution >= 0.6 is 0 Å². The maximum atomic E-state index is 13.1. The zero-order chi connectivity index (χ0) is 30.2. The summed E-state index contributed by atoms with van der Waals surface area (Å²) in [5.74, 6) is -0.955. The van der Waals surface area contributed by atoms with E-state index < -0.39 is 31.4 Å². The van der Waals surface area contributed by atoms with Gasteiger partial charge in [-0.2, -0.15) is 0 Å². The molecule has 0 radical (unpaired) electrons. The summed E-state index contributed by atoms with van der Waals surface area (Å²) in [6.07, 6.45) is 8.32. The first-order chi connectivity index (χ1) is 19.0. The molecular formula is C30H39N3O6S2. The molecule has 4 rings (SSSR count). The van der Waals surface area contributed by atoms with Crippen LogP contribution in [0.4, 0.5) is 5.69 Å². The molecule has 0 spiro atoms. The summed E-state index contributed by atoms with van der Waals surface area (Å²) >= 11 is 0. The zero-order valence-corrected chi connectivity index (χ0v) is 25.8. The number of sulfonamides is 1. The number of rotatable bonds is 10. The van der Waals surface area contributed by atoms with Crippen LogP contribution in [0.2, 0.25) is 0 Å². The highest BCUT2D eigenvalue weighted by Gasteiger charge is 2.32. The van der Waals surface area contributed by atoms with Gasteiger partial charge >= 0.3 is 5.97 Å². The number of fused-ring (bicyclic) bond motifs is 1. The summed E-state index contributed by atoms with van der Waals surface area (Å²) in [4.78, 5) is 13.2. The van der Waals surface area contributed by atoms with Gasteiger partial charge in [-0.1, -0.05) is 57.2 Å². The minimum Gasteiger partial charge on any atom is -0.478 e. The fourth-order valence-corrected chi connectivity index (χ4v) is 7.64. The molecule has 2 aromatic carbocycles. The summed E-state index contributed by atoms with van der Waals surface area (Å²) in [7, 11) is -7.23. The van der Waals surface area contributed by atoms with E-state index in [1.165, 1.54) is 15.8 Å². The van der Waals surface area contributed by atoms with Crippen LogP contribution in [-0.4, -0.2) is 62.4 Å². The normalized spacial score (nSPS) is 17.0. The van der Waals surface area contributed by atoms with Crippen molar-refractivity contribution in [1.82, 2.24) is 8.87 Å². The van der Waals surface area contributed by atoms with Gasteiger partial charge in [-0.05, 0) is 61.1 Å². The van der Waals surface area contributed by atoms with Crippen molar-refractivity contribution in [3.05, 3.63) is 77.0 Å². The number of benzene rings is 2. The highest BCUT2D eigenvalue weighted by atomic mass is 32.2. The molecule has 222 valence electrons. The third-order valence-electron chi connectivity index (χ3n) is 7.37. The number of carboxylic acids is 1. The number of nitrogens with one attached hydrogen (secondary N) is 1. The molecule has 0 amide bonds. The van der Waals surface area contributed by atoms with Crippen LogP contribution in [0.5, 0.6) is 0 Å². The number of nitrogens with zero attached hydrogens (tertiary/aromatic N) is 2. The lowest BCUT2D eigenvalue weighted by atomic mass is 9.88. The maximum absolute atomic E-state index is 13.1. The molecule has 41 heavy (non-hydrogen) atoms. The molecule has 1 fully saturated rings. The van der Waals surface area contributed by atoms with Crippen LogP contribution in [-0.2, 0) is 43.1 Å². The highest BCUT2D eigenvalue weighted by Crippen LogP contribution is 2.39. The summed E-state index contributed by atoms with van der Waals surface area (Å²) in [5, 5.41) is 9.61. The Labute approximate surface area is 243 Å². The molecular weight excluding hydrogens is 562 g/mol. The minimum atomic E-state index is -3.70. The monoisotopic (exact) mass is 601 g/mol. The molecule has 11 heteroatoms. The Morgan fingerprint density at radius 2 is 1.76 bits per heavy atom. The number of aromatic nitrogens is 1. The summed E-state index contributed by atoms with van der Waals surface area (Å²) in [6, 6.07) is 13.6. The molecule has 1 saturated heterocycles.